The molecule has 3 rings (SSSR count). The maximum absolute atomic E-state index is 12.2. The van der Waals surface area contributed by atoms with Crippen molar-refractivity contribution in [2.45, 2.75) is 70.4 Å². The molecule has 2 aromatic heterocycles. The molecule has 1 aliphatic carbocycles. The lowest BCUT2D eigenvalue weighted by molar-refractivity contribution is -0.123. The van der Waals surface area contributed by atoms with Crippen molar-refractivity contribution >= 4 is 45.0 Å². The Bertz CT molecular complexity index is 860. The molecule has 0 aromatic carbocycles. The number of aryl methyl sites for hydroxylation is 1. The van der Waals surface area contributed by atoms with Gasteiger partial charge < -0.3 is 5.32 Å². The third-order valence-electron chi connectivity index (χ3n) is 4.79. The van der Waals surface area contributed by atoms with Gasteiger partial charge in [0.05, 0.1) is 0 Å². The molecule has 0 spiro atoms. The Morgan fingerprint density at radius 1 is 1.37 bits per heavy atom. The van der Waals surface area contributed by atoms with E-state index in [1.165, 1.54) is 22.2 Å². The standard InChI is InChI=1S/C20H27N3O2S2/c1-12-5-6-14-15(9-12)27-19-17(14)18(21-11-22-19)26-8-7-16(25)23-20(3,4)10-13(2)24/h11-12H,5-10H2,1-4H3,(H,23,25)/t12-/m0/s1. The van der Waals surface area contributed by atoms with E-state index in [2.05, 4.69) is 22.2 Å². The number of carbonyl (C=O) groups excluding carboxylic acids is 2. The van der Waals surface area contributed by atoms with E-state index < -0.39 is 5.54 Å². The summed E-state index contributed by atoms with van der Waals surface area (Å²) in [6.07, 6.45) is 5.82. The van der Waals surface area contributed by atoms with Gasteiger partial charge in [-0.2, -0.15) is 0 Å². The topological polar surface area (TPSA) is 72.0 Å². The quantitative estimate of drug-likeness (QED) is 0.553. The number of carbonyl (C=O) groups is 2. The van der Waals surface area contributed by atoms with Gasteiger partial charge in [0, 0.05) is 34.4 Å². The number of aromatic nitrogens is 2. The predicted octanol–water partition coefficient (Wildman–Crippen LogP) is 4.17. The molecule has 0 saturated heterocycles. The summed E-state index contributed by atoms with van der Waals surface area (Å²) in [7, 11) is 0. The van der Waals surface area contributed by atoms with Gasteiger partial charge in [-0.05, 0) is 51.5 Å². The molecule has 146 valence electrons. The molecule has 7 heteroatoms. The van der Waals surface area contributed by atoms with E-state index in [0.29, 0.717) is 18.6 Å². The molecule has 1 amide bonds. The van der Waals surface area contributed by atoms with Crippen LogP contribution >= 0.6 is 23.1 Å². The Hall–Kier alpha value is -1.47. The second-order valence-electron chi connectivity index (χ2n) is 8.12. The lowest BCUT2D eigenvalue weighted by Gasteiger charge is -2.25. The average molecular weight is 406 g/mol. The van der Waals surface area contributed by atoms with Crippen LogP contribution in [0.1, 0.15) is 57.4 Å². The Morgan fingerprint density at radius 2 is 2.15 bits per heavy atom. The minimum absolute atomic E-state index is 0.0276. The Balaban J connectivity index is 1.64. The first kappa shape index (κ1) is 20.3. The van der Waals surface area contributed by atoms with Crippen LogP contribution in [0.2, 0.25) is 0 Å². The fourth-order valence-electron chi connectivity index (χ4n) is 3.70. The number of ketones is 1. The molecular formula is C20H27N3O2S2. The van der Waals surface area contributed by atoms with Gasteiger partial charge in [-0.25, -0.2) is 9.97 Å². The van der Waals surface area contributed by atoms with Crippen LogP contribution in [-0.2, 0) is 22.4 Å². The van der Waals surface area contributed by atoms with E-state index in [9.17, 15) is 9.59 Å². The number of amides is 1. The molecule has 0 radical (unpaired) electrons. The van der Waals surface area contributed by atoms with E-state index >= 15 is 0 Å². The first-order valence-electron chi connectivity index (χ1n) is 9.43. The van der Waals surface area contributed by atoms with E-state index in [-0.39, 0.29) is 11.7 Å². The second kappa shape index (κ2) is 8.27. The predicted molar refractivity (Wildman–Crippen MR) is 111 cm³/mol. The highest BCUT2D eigenvalue weighted by Gasteiger charge is 2.24. The van der Waals surface area contributed by atoms with Gasteiger partial charge in [0.1, 0.15) is 22.0 Å². The first-order valence-corrected chi connectivity index (χ1v) is 11.2. The van der Waals surface area contributed by atoms with E-state index in [1.807, 2.05) is 13.8 Å². The molecular weight excluding hydrogens is 378 g/mol. The first-order chi connectivity index (χ1) is 12.7. The minimum Gasteiger partial charge on any atom is -0.351 e. The normalized spacial score (nSPS) is 17.0. The van der Waals surface area contributed by atoms with Crippen LogP contribution < -0.4 is 5.32 Å². The Morgan fingerprint density at radius 3 is 2.89 bits per heavy atom. The monoisotopic (exact) mass is 405 g/mol. The number of thiophene rings is 1. The van der Waals surface area contributed by atoms with Crippen LogP contribution in [0.4, 0.5) is 0 Å². The van der Waals surface area contributed by atoms with Gasteiger partial charge >= 0.3 is 0 Å². The van der Waals surface area contributed by atoms with Crippen molar-refractivity contribution in [1.29, 1.82) is 0 Å². The van der Waals surface area contributed by atoms with E-state index in [0.717, 1.165) is 28.6 Å². The lowest BCUT2D eigenvalue weighted by atomic mass is 9.89. The number of hydrogen-bond donors (Lipinski definition) is 1. The molecule has 5 nitrogen and oxygen atoms in total. The van der Waals surface area contributed by atoms with Crippen molar-refractivity contribution in [3.8, 4) is 0 Å². The fourth-order valence-corrected chi connectivity index (χ4v) is 6.08. The van der Waals surface area contributed by atoms with Crippen molar-refractivity contribution in [2.24, 2.45) is 5.92 Å². The minimum atomic E-state index is -0.501. The maximum atomic E-state index is 12.2. The highest BCUT2D eigenvalue weighted by atomic mass is 32.2. The highest BCUT2D eigenvalue weighted by molar-refractivity contribution is 7.99. The number of nitrogens with zero attached hydrogens (tertiary/aromatic N) is 2. The molecule has 1 aliphatic rings. The summed E-state index contributed by atoms with van der Waals surface area (Å²) >= 11 is 3.42. The summed E-state index contributed by atoms with van der Waals surface area (Å²) in [5, 5.41) is 5.15. The Labute approximate surface area is 168 Å². The van der Waals surface area contributed by atoms with Crippen LogP contribution in [0, 0.1) is 5.92 Å². The number of thioether (sulfide) groups is 1. The second-order valence-corrected chi connectivity index (χ2v) is 10.3. The Kier molecular flexibility index (Phi) is 6.21. The van der Waals surface area contributed by atoms with Gasteiger partial charge in [-0.15, -0.1) is 23.1 Å². The number of Topliss-reactive ketones (excluding diaryl/α,β-unsaturated/α-hetero) is 1. The molecule has 0 fully saturated rings. The molecule has 2 heterocycles. The summed E-state index contributed by atoms with van der Waals surface area (Å²) in [5.41, 5.74) is 0.919. The van der Waals surface area contributed by atoms with Gasteiger partial charge in [0.15, 0.2) is 0 Å². The van der Waals surface area contributed by atoms with Crippen molar-refractivity contribution < 1.29 is 9.59 Å². The van der Waals surface area contributed by atoms with Crippen LogP contribution in [0.5, 0.6) is 0 Å². The number of nitrogens with one attached hydrogen (secondary N) is 1. The van der Waals surface area contributed by atoms with Gasteiger partial charge in [-0.1, -0.05) is 6.92 Å². The molecule has 0 saturated carbocycles. The number of fused-ring (bicyclic) bond motifs is 3. The van der Waals surface area contributed by atoms with Crippen molar-refractivity contribution in [3.63, 3.8) is 0 Å². The van der Waals surface area contributed by atoms with Crippen LogP contribution in [0.25, 0.3) is 10.2 Å². The molecule has 1 atom stereocenters. The summed E-state index contributed by atoms with van der Waals surface area (Å²) in [6, 6.07) is 0. The van der Waals surface area contributed by atoms with Crippen molar-refractivity contribution in [3.05, 3.63) is 16.8 Å². The lowest BCUT2D eigenvalue weighted by Crippen LogP contribution is -2.44. The molecule has 0 bridgehead atoms. The molecule has 0 aliphatic heterocycles. The zero-order valence-electron chi connectivity index (χ0n) is 16.4. The zero-order valence-corrected chi connectivity index (χ0v) is 18.1. The fraction of sp³-hybridized carbons (Fsp3) is 0.600. The number of hydrogen-bond acceptors (Lipinski definition) is 6. The average Bonchev–Trinajstić information content (AvgIpc) is 2.91. The molecule has 2 aromatic rings. The SMILES string of the molecule is CC(=O)CC(C)(C)NC(=O)CCSc1ncnc2sc3c(c12)CC[C@H](C)C3. The summed E-state index contributed by atoms with van der Waals surface area (Å²) in [6.45, 7) is 7.62. The summed E-state index contributed by atoms with van der Waals surface area (Å²) in [5.74, 6) is 1.45. The molecule has 27 heavy (non-hydrogen) atoms. The molecule has 1 N–H and O–H groups in total. The smallest absolute Gasteiger partial charge is 0.221 e. The summed E-state index contributed by atoms with van der Waals surface area (Å²) < 4.78 is 0. The zero-order chi connectivity index (χ0) is 19.6. The van der Waals surface area contributed by atoms with E-state index in [4.69, 9.17) is 0 Å². The maximum Gasteiger partial charge on any atom is 0.221 e. The van der Waals surface area contributed by atoms with Crippen LogP contribution in [0.3, 0.4) is 0 Å². The number of rotatable bonds is 7. The highest BCUT2D eigenvalue weighted by Crippen LogP contribution is 2.40. The van der Waals surface area contributed by atoms with Crippen molar-refractivity contribution in [2.75, 3.05) is 5.75 Å². The third kappa shape index (κ3) is 5.08. The van der Waals surface area contributed by atoms with Crippen molar-refractivity contribution in [1.82, 2.24) is 15.3 Å². The molecule has 0 unspecified atom stereocenters. The largest absolute Gasteiger partial charge is 0.351 e. The third-order valence-corrected chi connectivity index (χ3v) is 6.95. The summed E-state index contributed by atoms with van der Waals surface area (Å²) in [4.78, 5) is 35.0. The van der Waals surface area contributed by atoms with Gasteiger partial charge in [0.25, 0.3) is 0 Å². The van der Waals surface area contributed by atoms with Crippen LogP contribution in [0.15, 0.2) is 11.4 Å². The van der Waals surface area contributed by atoms with Gasteiger partial charge in [-0.3, -0.25) is 9.59 Å². The van der Waals surface area contributed by atoms with E-state index in [1.54, 1.807) is 36.3 Å². The van der Waals surface area contributed by atoms with Crippen LogP contribution in [-0.4, -0.2) is 33.0 Å². The van der Waals surface area contributed by atoms with Gasteiger partial charge in [0.2, 0.25) is 5.91 Å².